The number of unbranched alkanes of at least 4 members (excludes halogenated alkanes) is 3. The maximum atomic E-state index is 10.3. The summed E-state index contributed by atoms with van der Waals surface area (Å²) in [5.41, 5.74) is 7.74. The first-order valence-corrected chi connectivity index (χ1v) is 9.76. The third-order valence-corrected chi connectivity index (χ3v) is 4.76. The van der Waals surface area contributed by atoms with Crippen LogP contribution in [-0.2, 0) is 13.1 Å². The molecule has 0 radical (unpaired) electrons. The highest BCUT2D eigenvalue weighted by molar-refractivity contribution is 5.22. The van der Waals surface area contributed by atoms with E-state index < -0.39 is 31.0 Å². The van der Waals surface area contributed by atoms with Crippen LogP contribution in [0, 0.1) is 0 Å². The second-order valence-electron chi connectivity index (χ2n) is 7.11. The van der Waals surface area contributed by atoms with Gasteiger partial charge in [0.05, 0.1) is 12.7 Å². The monoisotopic (exact) mass is 384 g/mol. The Labute approximate surface area is 162 Å². The number of benzene rings is 1. The van der Waals surface area contributed by atoms with Crippen molar-refractivity contribution < 1.29 is 25.5 Å². The predicted octanol–water partition coefficient (Wildman–Crippen LogP) is -0.0365. The number of hydrogen-bond donors (Lipinski definition) is 6. The second-order valence-corrected chi connectivity index (χ2v) is 7.11. The summed E-state index contributed by atoms with van der Waals surface area (Å²) in [5.74, 6) is 0. The summed E-state index contributed by atoms with van der Waals surface area (Å²) < 4.78 is 0. The molecule has 0 aliphatic heterocycles. The molecular weight excluding hydrogens is 348 g/mol. The van der Waals surface area contributed by atoms with Gasteiger partial charge >= 0.3 is 0 Å². The van der Waals surface area contributed by atoms with Crippen LogP contribution in [0.4, 0.5) is 0 Å². The largest absolute Gasteiger partial charge is 0.394 e. The Balaban J connectivity index is 2.71. The van der Waals surface area contributed by atoms with E-state index in [2.05, 4.69) is 6.92 Å². The molecule has 7 nitrogen and oxygen atoms in total. The van der Waals surface area contributed by atoms with Crippen LogP contribution < -0.4 is 5.73 Å². The molecule has 0 spiro atoms. The molecule has 0 saturated heterocycles. The summed E-state index contributed by atoms with van der Waals surface area (Å²) in [5, 5.41) is 48.6. The molecule has 0 amide bonds. The SMILES string of the molecule is CCCCCCN(Cc1ccc(CN)cc1)CC(O)C(O)C(O)C(O)CO. The molecule has 156 valence electrons. The number of aliphatic hydroxyl groups is 5. The highest BCUT2D eigenvalue weighted by atomic mass is 16.4. The van der Waals surface area contributed by atoms with E-state index in [4.69, 9.17) is 10.8 Å². The molecule has 1 aromatic rings. The van der Waals surface area contributed by atoms with Gasteiger partial charge in [-0.2, -0.15) is 0 Å². The highest BCUT2D eigenvalue weighted by Gasteiger charge is 2.31. The Hall–Kier alpha value is -1.06. The minimum atomic E-state index is -1.60. The fourth-order valence-corrected chi connectivity index (χ4v) is 2.97. The van der Waals surface area contributed by atoms with Crippen LogP contribution in [0.3, 0.4) is 0 Å². The van der Waals surface area contributed by atoms with Crippen LogP contribution in [0.1, 0.15) is 43.7 Å². The van der Waals surface area contributed by atoms with Gasteiger partial charge in [-0.25, -0.2) is 0 Å². The second kappa shape index (κ2) is 13.2. The Bertz CT molecular complexity index is 500. The fourth-order valence-electron chi connectivity index (χ4n) is 2.97. The van der Waals surface area contributed by atoms with Gasteiger partial charge in [0.25, 0.3) is 0 Å². The van der Waals surface area contributed by atoms with Gasteiger partial charge in [-0.15, -0.1) is 0 Å². The number of hydrogen-bond acceptors (Lipinski definition) is 7. The van der Waals surface area contributed by atoms with Gasteiger partial charge in [-0.1, -0.05) is 50.5 Å². The van der Waals surface area contributed by atoms with Gasteiger partial charge in [-0.3, -0.25) is 4.90 Å². The maximum absolute atomic E-state index is 10.3. The van der Waals surface area contributed by atoms with Crippen LogP contribution >= 0.6 is 0 Å². The molecule has 0 aliphatic rings. The van der Waals surface area contributed by atoms with Crippen LogP contribution in [0.2, 0.25) is 0 Å². The number of rotatable bonds is 14. The Morgan fingerprint density at radius 3 is 2.04 bits per heavy atom. The summed E-state index contributed by atoms with van der Waals surface area (Å²) in [7, 11) is 0. The van der Waals surface area contributed by atoms with Gasteiger partial charge in [0.1, 0.15) is 18.3 Å². The molecule has 0 bridgehead atoms. The Morgan fingerprint density at radius 1 is 0.889 bits per heavy atom. The van der Waals surface area contributed by atoms with E-state index in [1.165, 1.54) is 0 Å². The van der Waals surface area contributed by atoms with Crippen molar-refractivity contribution in [3.63, 3.8) is 0 Å². The topological polar surface area (TPSA) is 130 Å². The molecule has 0 fully saturated rings. The van der Waals surface area contributed by atoms with Crippen LogP contribution in [0.5, 0.6) is 0 Å². The quantitative estimate of drug-likeness (QED) is 0.248. The van der Waals surface area contributed by atoms with Crippen LogP contribution in [-0.4, -0.2) is 74.5 Å². The summed E-state index contributed by atoms with van der Waals surface area (Å²) >= 11 is 0. The first-order chi connectivity index (χ1) is 12.9. The molecule has 1 rings (SSSR count). The van der Waals surface area contributed by atoms with Gasteiger partial charge < -0.3 is 31.3 Å². The van der Waals surface area contributed by atoms with E-state index >= 15 is 0 Å². The van der Waals surface area contributed by atoms with Crippen molar-refractivity contribution >= 4 is 0 Å². The number of aliphatic hydroxyl groups excluding tert-OH is 5. The minimum Gasteiger partial charge on any atom is -0.394 e. The summed E-state index contributed by atoms with van der Waals surface area (Å²) in [6, 6.07) is 7.93. The third-order valence-electron chi connectivity index (χ3n) is 4.76. The Kier molecular flexibility index (Phi) is 11.7. The van der Waals surface area contributed by atoms with Crippen LogP contribution in [0.25, 0.3) is 0 Å². The molecular formula is C20H36N2O5. The average Bonchev–Trinajstić information content (AvgIpc) is 2.69. The zero-order valence-corrected chi connectivity index (χ0v) is 16.2. The van der Waals surface area contributed by atoms with E-state index in [9.17, 15) is 20.4 Å². The highest BCUT2D eigenvalue weighted by Crippen LogP contribution is 2.13. The molecule has 0 aromatic heterocycles. The minimum absolute atomic E-state index is 0.154. The summed E-state index contributed by atoms with van der Waals surface area (Å²) in [4.78, 5) is 2.03. The molecule has 7 heteroatoms. The van der Waals surface area contributed by atoms with E-state index in [1.807, 2.05) is 29.2 Å². The zero-order valence-electron chi connectivity index (χ0n) is 16.2. The lowest BCUT2D eigenvalue weighted by Gasteiger charge is -2.30. The molecule has 0 saturated carbocycles. The molecule has 27 heavy (non-hydrogen) atoms. The Morgan fingerprint density at radius 2 is 1.48 bits per heavy atom. The first-order valence-electron chi connectivity index (χ1n) is 9.76. The van der Waals surface area contributed by atoms with Crippen molar-refractivity contribution in [2.75, 3.05) is 19.7 Å². The lowest BCUT2D eigenvalue weighted by atomic mass is 10.0. The molecule has 0 aliphatic carbocycles. The van der Waals surface area contributed by atoms with Gasteiger partial charge in [-0.05, 0) is 24.1 Å². The van der Waals surface area contributed by atoms with Crippen molar-refractivity contribution in [1.29, 1.82) is 0 Å². The zero-order chi connectivity index (χ0) is 20.2. The van der Waals surface area contributed by atoms with E-state index in [0.717, 1.165) is 43.4 Å². The van der Waals surface area contributed by atoms with Gasteiger partial charge in [0.2, 0.25) is 0 Å². The average molecular weight is 385 g/mol. The summed E-state index contributed by atoms with van der Waals surface area (Å²) in [6.07, 6.45) is -1.53. The number of nitrogens with two attached hydrogens (primary N) is 1. The molecule has 4 atom stereocenters. The summed E-state index contributed by atoms with van der Waals surface area (Å²) in [6.45, 7) is 3.45. The van der Waals surface area contributed by atoms with Gasteiger partial charge in [0, 0.05) is 19.6 Å². The predicted molar refractivity (Wildman–Crippen MR) is 105 cm³/mol. The van der Waals surface area contributed by atoms with Crippen molar-refractivity contribution in [3.8, 4) is 0 Å². The lowest BCUT2D eigenvalue weighted by Crippen LogP contribution is -2.49. The maximum Gasteiger partial charge on any atom is 0.111 e. The number of nitrogens with zero attached hydrogens (tertiary/aromatic N) is 1. The van der Waals surface area contributed by atoms with E-state index in [1.54, 1.807) is 0 Å². The molecule has 4 unspecified atom stereocenters. The smallest absolute Gasteiger partial charge is 0.111 e. The lowest BCUT2D eigenvalue weighted by molar-refractivity contribution is -0.119. The van der Waals surface area contributed by atoms with Crippen molar-refractivity contribution in [2.45, 2.75) is 70.1 Å². The van der Waals surface area contributed by atoms with E-state index in [0.29, 0.717) is 13.1 Å². The third kappa shape index (κ3) is 8.66. The van der Waals surface area contributed by atoms with Crippen LogP contribution in [0.15, 0.2) is 24.3 Å². The molecule has 1 aromatic carbocycles. The normalized spacial score (nSPS) is 16.3. The molecule has 7 N–H and O–H groups in total. The molecule has 0 heterocycles. The van der Waals surface area contributed by atoms with Gasteiger partial charge in [0.15, 0.2) is 0 Å². The first kappa shape index (κ1) is 24.0. The van der Waals surface area contributed by atoms with E-state index in [-0.39, 0.29) is 6.54 Å². The van der Waals surface area contributed by atoms with Crippen molar-refractivity contribution in [1.82, 2.24) is 4.90 Å². The van der Waals surface area contributed by atoms with Crippen molar-refractivity contribution in [3.05, 3.63) is 35.4 Å². The standard InChI is InChI=1S/C20H36N2O5/c1-2-3-4-5-10-22(12-16-8-6-15(11-21)7-9-16)13-17(24)19(26)20(27)18(25)14-23/h6-9,17-20,23-27H,2-5,10-14,21H2,1H3. The van der Waals surface area contributed by atoms with Crippen molar-refractivity contribution in [2.24, 2.45) is 5.73 Å². The fraction of sp³-hybridized carbons (Fsp3) is 0.700.